The highest BCUT2D eigenvalue weighted by Gasteiger charge is 2.18. The number of anilines is 1. The third-order valence-electron chi connectivity index (χ3n) is 3.55. The van der Waals surface area contributed by atoms with Gasteiger partial charge in [0.2, 0.25) is 0 Å². The van der Waals surface area contributed by atoms with Crippen LogP contribution < -0.4 is 10.6 Å². The summed E-state index contributed by atoms with van der Waals surface area (Å²) in [6, 6.07) is 5.61. The fourth-order valence-corrected chi connectivity index (χ4v) is 2.95. The molecule has 3 N–H and O–H groups in total. The van der Waals surface area contributed by atoms with E-state index in [9.17, 15) is 18.0 Å². The normalized spacial score (nSPS) is 11.5. The average molecular weight is 393 g/mol. The summed E-state index contributed by atoms with van der Waals surface area (Å²) in [4.78, 5) is 23.8. The monoisotopic (exact) mass is 393 g/mol. The Morgan fingerprint density at radius 1 is 1.30 bits per heavy atom. The van der Waals surface area contributed by atoms with Gasteiger partial charge in [-0.1, -0.05) is 5.16 Å². The van der Waals surface area contributed by atoms with Crippen LogP contribution in [0.5, 0.6) is 0 Å². The molecule has 0 atom stereocenters. The number of hydrogen-bond acceptors (Lipinski definition) is 7. The average Bonchev–Trinajstić information content (AvgIpc) is 3.19. The van der Waals surface area contributed by atoms with Gasteiger partial charge in [0.15, 0.2) is 11.7 Å². The Labute approximate surface area is 153 Å². The Morgan fingerprint density at radius 2 is 2.07 bits per heavy atom. The molecule has 0 unspecified atom stereocenters. The van der Waals surface area contributed by atoms with Gasteiger partial charge in [-0.3, -0.25) is 9.35 Å². The van der Waals surface area contributed by atoms with Crippen molar-refractivity contribution < 1.29 is 27.1 Å². The zero-order chi connectivity index (χ0) is 19.6. The van der Waals surface area contributed by atoms with E-state index in [1.807, 2.05) is 0 Å². The second-order valence-electron chi connectivity index (χ2n) is 5.65. The minimum atomic E-state index is -4.34. The van der Waals surface area contributed by atoms with Crippen molar-refractivity contribution in [2.75, 3.05) is 5.32 Å². The number of urea groups is 1. The third kappa shape index (κ3) is 4.48. The molecule has 3 aromatic rings. The Hall–Kier alpha value is -3.25. The van der Waals surface area contributed by atoms with Crippen molar-refractivity contribution in [3.05, 3.63) is 41.9 Å². The van der Waals surface area contributed by atoms with Crippen molar-refractivity contribution in [1.82, 2.24) is 20.3 Å². The van der Waals surface area contributed by atoms with E-state index in [0.29, 0.717) is 22.3 Å². The van der Waals surface area contributed by atoms with Crippen LogP contribution in [0.3, 0.4) is 0 Å². The van der Waals surface area contributed by atoms with Crippen LogP contribution in [0, 0.1) is 0 Å². The number of amides is 2. The summed E-state index contributed by atoms with van der Waals surface area (Å²) in [6.45, 7) is 1.44. The lowest BCUT2D eigenvalue weighted by molar-refractivity contribution is 0.101. The fourth-order valence-electron chi connectivity index (χ4n) is 2.44. The van der Waals surface area contributed by atoms with Crippen molar-refractivity contribution in [3.8, 4) is 0 Å². The number of aromatic nitrogens is 3. The van der Waals surface area contributed by atoms with Crippen LogP contribution in [0.25, 0.3) is 10.9 Å². The van der Waals surface area contributed by atoms with Gasteiger partial charge in [-0.15, -0.1) is 0 Å². The van der Waals surface area contributed by atoms with E-state index < -0.39 is 22.0 Å². The largest absolute Gasteiger partial charge is 0.364 e. The molecule has 0 radical (unpaired) electrons. The van der Waals surface area contributed by atoms with Crippen molar-refractivity contribution in [2.45, 2.75) is 19.3 Å². The molecule has 11 nitrogen and oxygen atoms in total. The molecule has 0 aliphatic heterocycles. The number of Topliss-reactive ketones (excluding diaryl/α,β-unsaturated/α-hetero) is 1. The molecule has 1 aromatic carbocycles. The zero-order valence-corrected chi connectivity index (χ0v) is 14.9. The molecule has 0 aliphatic rings. The quantitative estimate of drug-likeness (QED) is 0.419. The first kappa shape index (κ1) is 18.5. The van der Waals surface area contributed by atoms with E-state index in [2.05, 4.69) is 25.4 Å². The maximum atomic E-state index is 12.0. The summed E-state index contributed by atoms with van der Waals surface area (Å²) in [5.41, 5.74) is 1.27. The van der Waals surface area contributed by atoms with Gasteiger partial charge in [-0.25, -0.2) is 9.48 Å². The van der Waals surface area contributed by atoms with Gasteiger partial charge in [0.05, 0.1) is 12.1 Å². The summed E-state index contributed by atoms with van der Waals surface area (Å²) in [6.07, 6.45) is 1.39. The predicted molar refractivity (Wildman–Crippen MR) is 93.6 cm³/mol. The minimum absolute atomic E-state index is 0.0281. The molecule has 142 valence electrons. The lowest BCUT2D eigenvalue weighted by atomic mass is 10.1. The van der Waals surface area contributed by atoms with Crippen molar-refractivity contribution >= 4 is 38.5 Å². The van der Waals surface area contributed by atoms with Gasteiger partial charge in [0.1, 0.15) is 17.7 Å². The molecule has 0 saturated heterocycles. The molecule has 27 heavy (non-hydrogen) atoms. The van der Waals surface area contributed by atoms with Gasteiger partial charge in [0.25, 0.3) is 10.1 Å². The van der Waals surface area contributed by atoms with Gasteiger partial charge >= 0.3 is 6.03 Å². The first-order valence-electron chi connectivity index (χ1n) is 7.64. The van der Waals surface area contributed by atoms with E-state index in [0.717, 1.165) is 4.68 Å². The van der Waals surface area contributed by atoms with Crippen molar-refractivity contribution in [1.29, 1.82) is 0 Å². The highest BCUT2D eigenvalue weighted by atomic mass is 32.2. The highest BCUT2D eigenvalue weighted by Crippen LogP contribution is 2.24. The van der Waals surface area contributed by atoms with Crippen LogP contribution in [0.1, 0.15) is 23.1 Å². The van der Waals surface area contributed by atoms with E-state index >= 15 is 0 Å². The first-order chi connectivity index (χ1) is 12.7. The molecule has 2 heterocycles. The Morgan fingerprint density at radius 3 is 2.70 bits per heavy atom. The third-order valence-corrected chi connectivity index (χ3v) is 4.12. The fraction of sp³-hybridized carbons (Fsp3) is 0.200. The summed E-state index contributed by atoms with van der Waals surface area (Å²) in [5.74, 6) is -1.18. The molecule has 0 spiro atoms. The molecule has 0 fully saturated rings. The number of carbonyl (C=O) groups is 2. The molecular weight excluding hydrogens is 378 g/mol. The summed E-state index contributed by atoms with van der Waals surface area (Å²) >= 11 is 0. The van der Waals surface area contributed by atoms with Crippen LogP contribution in [0.4, 0.5) is 10.5 Å². The smallest absolute Gasteiger partial charge is 0.319 e. The number of ketones is 1. The van der Waals surface area contributed by atoms with Crippen LogP contribution in [0.15, 0.2) is 35.1 Å². The lowest BCUT2D eigenvalue weighted by Crippen LogP contribution is -2.28. The Bertz CT molecular complexity index is 1100. The van der Waals surface area contributed by atoms with E-state index in [4.69, 9.17) is 4.55 Å². The molecule has 2 aromatic heterocycles. The minimum Gasteiger partial charge on any atom is -0.364 e. The summed E-state index contributed by atoms with van der Waals surface area (Å²) < 4.78 is 37.0. The molecule has 0 bridgehead atoms. The number of hydrogen-bond donors (Lipinski definition) is 3. The molecular formula is C15H15N5O6S. The standard InChI is InChI=1S/C15H15N5O6S/c1-9(21)14-12-6-10(17-15(22)16-7-11-4-5-26-19-11)2-3-13(12)20(18-14)8-27(23,24)25/h2-6H,7-8H2,1H3,(H2,16,17,22)(H,23,24,25). The number of carbonyl (C=O) groups excluding carboxylic acids is 2. The van der Waals surface area contributed by atoms with Crippen molar-refractivity contribution in [2.24, 2.45) is 0 Å². The van der Waals surface area contributed by atoms with E-state index in [1.54, 1.807) is 6.07 Å². The summed E-state index contributed by atoms with van der Waals surface area (Å²) in [5, 5.41) is 13.1. The van der Waals surface area contributed by atoms with Crippen molar-refractivity contribution in [3.63, 3.8) is 0 Å². The number of nitrogens with zero attached hydrogens (tertiary/aromatic N) is 3. The number of rotatable bonds is 6. The maximum Gasteiger partial charge on any atom is 0.319 e. The molecule has 0 aliphatic carbocycles. The van der Waals surface area contributed by atoms with Crippen LogP contribution >= 0.6 is 0 Å². The highest BCUT2D eigenvalue weighted by molar-refractivity contribution is 7.84. The van der Waals surface area contributed by atoms with Crippen LogP contribution in [0.2, 0.25) is 0 Å². The topological polar surface area (TPSA) is 156 Å². The molecule has 2 amide bonds. The van der Waals surface area contributed by atoms with E-state index in [-0.39, 0.29) is 18.0 Å². The van der Waals surface area contributed by atoms with Gasteiger partial charge in [-0.2, -0.15) is 13.5 Å². The second-order valence-corrected chi connectivity index (χ2v) is 7.07. The van der Waals surface area contributed by atoms with E-state index in [1.165, 1.54) is 31.4 Å². The predicted octanol–water partition coefficient (Wildman–Crippen LogP) is 1.39. The first-order valence-corrected chi connectivity index (χ1v) is 9.24. The maximum absolute atomic E-state index is 12.0. The van der Waals surface area contributed by atoms with Crippen LogP contribution in [-0.2, 0) is 22.5 Å². The van der Waals surface area contributed by atoms with Gasteiger partial charge in [0, 0.05) is 24.1 Å². The number of nitrogens with one attached hydrogen (secondary N) is 2. The Balaban J connectivity index is 1.84. The molecule has 12 heteroatoms. The lowest BCUT2D eigenvalue weighted by Gasteiger charge is -2.07. The summed E-state index contributed by atoms with van der Waals surface area (Å²) in [7, 11) is -4.34. The zero-order valence-electron chi connectivity index (χ0n) is 14.0. The molecule has 3 rings (SSSR count). The van der Waals surface area contributed by atoms with Gasteiger partial charge in [-0.05, 0) is 18.2 Å². The number of fused-ring (bicyclic) bond motifs is 1. The number of benzene rings is 1. The van der Waals surface area contributed by atoms with Gasteiger partial charge < -0.3 is 15.2 Å². The SMILES string of the molecule is CC(=O)c1nn(CS(=O)(=O)O)c2ccc(NC(=O)NCc3ccon3)cc12. The Kier molecular flexibility index (Phi) is 4.92. The second kappa shape index (κ2) is 7.17. The molecule has 0 saturated carbocycles. The van der Waals surface area contributed by atoms with Crippen LogP contribution in [-0.4, -0.2) is 39.7 Å².